The highest BCUT2D eigenvalue weighted by Crippen LogP contribution is 2.21. The van der Waals surface area contributed by atoms with Crippen LogP contribution >= 0.6 is 0 Å². The molecule has 1 unspecified atom stereocenters. The molecule has 2 aromatic rings. The van der Waals surface area contributed by atoms with Crippen molar-refractivity contribution in [2.75, 3.05) is 26.2 Å². The molecule has 0 saturated carbocycles. The van der Waals surface area contributed by atoms with E-state index < -0.39 is 18.0 Å². The Morgan fingerprint density at radius 3 is 2.71 bits per heavy atom. The van der Waals surface area contributed by atoms with Crippen molar-refractivity contribution in [1.82, 2.24) is 25.1 Å². The number of nitrogens with zero attached hydrogens (tertiary/aromatic N) is 3. The van der Waals surface area contributed by atoms with Crippen LogP contribution in [0, 0.1) is 6.92 Å². The van der Waals surface area contributed by atoms with E-state index in [1.54, 1.807) is 13.0 Å². The fourth-order valence-corrected chi connectivity index (χ4v) is 4.75. The number of ether oxygens (including phenoxy) is 1. The maximum atomic E-state index is 13.4. The molecule has 11 heteroatoms. The average Bonchev–Trinajstić information content (AvgIpc) is 2.82. The minimum Gasteiger partial charge on any atom is -0.465 e. The van der Waals surface area contributed by atoms with E-state index in [0.717, 1.165) is 12.0 Å². The topological polar surface area (TPSA) is 143 Å². The SMILES string of the molecule is Cc1nc2cccc(CNCCCOC3CCN(C(=O)O)CC3)c2c(=O)n1C1CCC(=O)NC1=O. The van der Waals surface area contributed by atoms with Crippen molar-refractivity contribution in [2.45, 2.75) is 57.7 Å². The number of hydrogen-bond acceptors (Lipinski definition) is 7. The number of imide groups is 1. The van der Waals surface area contributed by atoms with Gasteiger partial charge in [0.15, 0.2) is 0 Å². The van der Waals surface area contributed by atoms with Gasteiger partial charge in [-0.1, -0.05) is 12.1 Å². The van der Waals surface area contributed by atoms with E-state index in [0.29, 0.717) is 62.4 Å². The number of benzene rings is 1. The fourth-order valence-electron chi connectivity index (χ4n) is 4.75. The quantitative estimate of drug-likeness (QED) is 0.375. The second-order valence-electron chi connectivity index (χ2n) is 8.98. The van der Waals surface area contributed by atoms with Crippen molar-refractivity contribution < 1.29 is 24.2 Å². The number of carboxylic acid groups (broad SMARTS) is 1. The molecule has 2 fully saturated rings. The van der Waals surface area contributed by atoms with Gasteiger partial charge in [0.25, 0.3) is 5.56 Å². The molecule has 0 radical (unpaired) electrons. The zero-order valence-corrected chi connectivity index (χ0v) is 19.8. The first-order valence-electron chi connectivity index (χ1n) is 12.0. The number of amides is 3. The lowest BCUT2D eigenvalue weighted by atomic mass is 10.0. The van der Waals surface area contributed by atoms with Gasteiger partial charge in [0.1, 0.15) is 11.9 Å². The molecular formula is C24H31N5O6. The number of hydrogen-bond donors (Lipinski definition) is 3. The highest BCUT2D eigenvalue weighted by atomic mass is 16.5. The van der Waals surface area contributed by atoms with Gasteiger partial charge in [0, 0.05) is 32.7 Å². The predicted molar refractivity (Wildman–Crippen MR) is 127 cm³/mol. The van der Waals surface area contributed by atoms with Gasteiger partial charge in [0.05, 0.1) is 17.0 Å². The summed E-state index contributed by atoms with van der Waals surface area (Å²) in [7, 11) is 0. The summed E-state index contributed by atoms with van der Waals surface area (Å²) in [6.45, 7) is 4.42. The van der Waals surface area contributed by atoms with E-state index in [-0.39, 0.29) is 30.4 Å². The second-order valence-corrected chi connectivity index (χ2v) is 8.98. The minimum atomic E-state index is -0.879. The summed E-state index contributed by atoms with van der Waals surface area (Å²) >= 11 is 0. The summed E-state index contributed by atoms with van der Waals surface area (Å²) < 4.78 is 7.28. The first-order valence-corrected chi connectivity index (χ1v) is 12.0. The molecule has 1 aromatic heterocycles. The van der Waals surface area contributed by atoms with Crippen molar-refractivity contribution in [3.05, 3.63) is 39.9 Å². The monoisotopic (exact) mass is 485 g/mol. The highest BCUT2D eigenvalue weighted by Gasteiger charge is 2.30. The van der Waals surface area contributed by atoms with Gasteiger partial charge >= 0.3 is 6.09 Å². The van der Waals surface area contributed by atoms with Crippen LogP contribution in [-0.4, -0.2) is 69.8 Å². The third-order valence-corrected chi connectivity index (χ3v) is 6.59. The molecular weight excluding hydrogens is 454 g/mol. The first kappa shape index (κ1) is 24.8. The Morgan fingerprint density at radius 1 is 1.23 bits per heavy atom. The number of piperidine rings is 2. The average molecular weight is 486 g/mol. The normalized spacial score (nSPS) is 19.2. The Balaban J connectivity index is 1.35. The van der Waals surface area contributed by atoms with Crippen LogP contribution in [0.15, 0.2) is 23.0 Å². The number of fused-ring (bicyclic) bond motifs is 1. The number of carbonyl (C=O) groups excluding carboxylic acids is 2. The van der Waals surface area contributed by atoms with Crippen molar-refractivity contribution in [1.29, 1.82) is 0 Å². The smallest absolute Gasteiger partial charge is 0.407 e. The van der Waals surface area contributed by atoms with Crippen LogP contribution in [-0.2, 0) is 20.9 Å². The highest BCUT2D eigenvalue weighted by molar-refractivity contribution is 5.99. The van der Waals surface area contributed by atoms with Gasteiger partial charge < -0.3 is 20.1 Å². The molecule has 2 aliphatic heterocycles. The summed E-state index contributed by atoms with van der Waals surface area (Å²) in [5.74, 6) is -0.365. The Morgan fingerprint density at radius 2 is 2.00 bits per heavy atom. The molecule has 3 heterocycles. The molecule has 3 amide bonds. The number of carbonyl (C=O) groups is 3. The number of aromatic nitrogens is 2. The van der Waals surface area contributed by atoms with Crippen LogP contribution < -0.4 is 16.2 Å². The maximum absolute atomic E-state index is 13.4. The molecule has 0 aliphatic carbocycles. The molecule has 2 aliphatic rings. The van der Waals surface area contributed by atoms with Gasteiger partial charge in [0.2, 0.25) is 11.8 Å². The minimum absolute atomic E-state index is 0.0868. The van der Waals surface area contributed by atoms with Crippen molar-refractivity contribution in [3.8, 4) is 0 Å². The lowest BCUT2D eigenvalue weighted by Crippen LogP contribution is -2.45. The van der Waals surface area contributed by atoms with E-state index in [9.17, 15) is 19.2 Å². The molecule has 4 rings (SSSR count). The summed E-state index contributed by atoms with van der Waals surface area (Å²) in [5, 5.41) is 15.1. The van der Waals surface area contributed by atoms with Crippen LogP contribution in [0.25, 0.3) is 10.9 Å². The van der Waals surface area contributed by atoms with E-state index >= 15 is 0 Å². The standard InChI is InChI=1S/C24H31N5O6/c1-15-26-18-5-2-4-16(21(18)23(32)29(15)19-6-7-20(30)27-22(19)31)14-25-10-3-13-35-17-8-11-28(12-9-17)24(33)34/h2,4-5,17,19,25H,3,6-14H2,1H3,(H,33,34)(H,27,30,31). The summed E-state index contributed by atoms with van der Waals surface area (Å²) in [6, 6.07) is 4.76. The number of likely N-dealkylation sites (tertiary alicyclic amines) is 1. The van der Waals surface area contributed by atoms with E-state index in [2.05, 4.69) is 15.6 Å². The Labute approximate surface area is 202 Å². The molecule has 2 saturated heterocycles. The number of aryl methyl sites for hydroxylation is 1. The zero-order chi connectivity index (χ0) is 24.9. The lowest BCUT2D eigenvalue weighted by Gasteiger charge is -2.29. The molecule has 11 nitrogen and oxygen atoms in total. The maximum Gasteiger partial charge on any atom is 0.407 e. The van der Waals surface area contributed by atoms with Crippen LogP contribution in [0.1, 0.15) is 49.5 Å². The largest absolute Gasteiger partial charge is 0.465 e. The first-order chi connectivity index (χ1) is 16.8. The van der Waals surface area contributed by atoms with Crippen LogP contribution in [0.5, 0.6) is 0 Å². The predicted octanol–water partition coefficient (Wildman–Crippen LogP) is 1.32. The lowest BCUT2D eigenvalue weighted by molar-refractivity contribution is -0.135. The van der Waals surface area contributed by atoms with Crippen molar-refractivity contribution in [3.63, 3.8) is 0 Å². The van der Waals surface area contributed by atoms with E-state index in [1.807, 2.05) is 12.1 Å². The fraction of sp³-hybridized carbons (Fsp3) is 0.542. The summed E-state index contributed by atoms with van der Waals surface area (Å²) in [6.07, 6.45) is 1.86. The van der Waals surface area contributed by atoms with E-state index in [1.165, 1.54) is 9.47 Å². The molecule has 1 atom stereocenters. The van der Waals surface area contributed by atoms with Crippen LogP contribution in [0.3, 0.4) is 0 Å². The zero-order valence-electron chi connectivity index (χ0n) is 19.8. The van der Waals surface area contributed by atoms with Crippen LogP contribution in [0.2, 0.25) is 0 Å². The summed E-state index contributed by atoms with van der Waals surface area (Å²) in [4.78, 5) is 54.3. The van der Waals surface area contributed by atoms with Gasteiger partial charge in [-0.15, -0.1) is 0 Å². The van der Waals surface area contributed by atoms with Gasteiger partial charge in [-0.25, -0.2) is 9.78 Å². The molecule has 35 heavy (non-hydrogen) atoms. The van der Waals surface area contributed by atoms with Gasteiger partial charge in [-0.05, 0) is 50.8 Å². The summed E-state index contributed by atoms with van der Waals surface area (Å²) in [5.41, 5.74) is 1.09. The molecule has 1 aromatic carbocycles. The van der Waals surface area contributed by atoms with Gasteiger partial charge in [-0.3, -0.25) is 24.3 Å². The number of rotatable bonds is 8. The second kappa shape index (κ2) is 11.0. The Hall–Kier alpha value is -3.31. The molecule has 3 N–H and O–H groups in total. The molecule has 0 bridgehead atoms. The Bertz CT molecular complexity index is 1170. The van der Waals surface area contributed by atoms with Gasteiger partial charge in [-0.2, -0.15) is 0 Å². The number of nitrogens with one attached hydrogen (secondary N) is 2. The van der Waals surface area contributed by atoms with Crippen molar-refractivity contribution in [2.24, 2.45) is 0 Å². The molecule has 188 valence electrons. The van der Waals surface area contributed by atoms with E-state index in [4.69, 9.17) is 9.84 Å². The third-order valence-electron chi connectivity index (χ3n) is 6.59. The van der Waals surface area contributed by atoms with Crippen molar-refractivity contribution >= 4 is 28.8 Å². The van der Waals surface area contributed by atoms with Crippen LogP contribution in [0.4, 0.5) is 4.79 Å². The molecule has 0 spiro atoms. The Kier molecular flexibility index (Phi) is 7.76. The third kappa shape index (κ3) is 5.68.